The molecule has 1 aliphatic heterocycles. The molecule has 3 aliphatic rings. The average molecular weight is 371 g/mol. The van der Waals surface area contributed by atoms with Gasteiger partial charge in [0.2, 0.25) is 0 Å². The number of hydrogen-bond acceptors (Lipinski definition) is 3. The van der Waals surface area contributed by atoms with Gasteiger partial charge in [0.1, 0.15) is 0 Å². The van der Waals surface area contributed by atoms with Crippen LogP contribution in [0.1, 0.15) is 49.7 Å². The van der Waals surface area contributed by atoms with Crippen molar-refractivity contribution in [2.75, 3.05) is 46.4 Å². The number of benzene rings is 1. The summed E-state index contributed by atoms with van der Waals surface area (Å²) in [4.78, 5) is 5.55. The van der Waals surface area contributed by atoms with E-state index in [1.165, 1.54) is 77.5 Å². The molecule has 3 heteroatoms. The van der Waals surface area contributed by atoms with Crippen LogP contribution in [0.25, 0.3) is 0 Å². The Labute approximate surface area is 166 Å². The van der Waals surface area contributed by atoms with Crippen molar-refractivity contribution in [3.05, 3.63) is 35.4 Å². The van der Waals surface area contributed by atoms with Crippen LogP contribution in [-0.2, 0) is 17.6 Å². The number of rotatable bonds is 8. The summed E-state index contributed by atoms with van der Waals surface area (Å²) in [6.45, 7) is 7.16. The predicted molar refractivity (Wildman–Crippen MR) is 112 cm³/mol. The predicted octanol–water partition coefficient (Wildman–Crippen LogP) is 4.00. The fourth-order valence-corrected chi connectivity index (χ4v) is 5.77. The van der Waals surface area contributed by atoms with Crippen LogP contribution in [-0.4, -0.2) is 62.3 Å². The molecule has 4 rings (SSSR count). The highest BCUT2D eigenvalue weighted by Gasteiger charge is 2.31. The van der Waals surface area contributed by atoms with E-state index in [0.29, 0.717) is 0 Å². The van der Waals surface area contributed by atoms with E-state index in [1.54, 1.807) is 11.1 Å². The van der Waals surface area contributed by atoms with Crippen LogP contribution < -0.4 is 0 Å². The Bertz CT molecular complexity index is 558. The zero-order chi connectivity index (χ0) is 18.5. The minimum absolute atomic E-state index is 0.743. The SMILES string of the molecule is COCCN(CC1CCCC1)CC1CCCN(C2Cc3ccccc3C2)C1. The number of piperidine rings is 1. The number of hydrogen-bond donors (Lipinski definition) is 0. The Balaban J connectivity index is 1.31. The number of methoxy groups -OCH3 is 1. The summed E-state index contributed by atoms with van der Waals surface area (Å²) in [5.41, 5.74) is 3.18. The zero-order valence-corrected chi connectivity index (χ0v) is 17.2. The molecule has 1 atom stereocenters. The fourth-order valence-electron chi connectivity index (χ4n) is 5.77. The van der Waals surface area contributed by atoms with Crippen LogP contribution in [0.4, 0.5) is 0 Å². The molecule has 0 amide bonds. The molecule has 1 heterocycles. The number of ether oxygens (including phenoxy) is 1. The highest BCUT2D eigenvalue weighted by atomic mass is 16.5. The smallest absolute Gasteiger partial charge is 0.0589 e. The van der Waals surface area contributed by atoms with Crippen molar-refractivity contribution in [1.29, 1.82) is 0 Å². The molecule has 1 aromatic carbocycles. The Kier molecular flexibility index (Phi) is 6.86. The lowest BCUT2D eigenvalue weighted by Gasteiger charge is -2.39. The summed E-state index contributed by atoms with van der Waals surface area (Å²) in [7, 11) is 1.84. The van der Waals surface area contributed by atoms with Gasteiger partial charge in [-0.05, 0) is 68.0 Å². The lowest BCUT2D eigenvalue weighted by molar-refractivity contribution is 0.0808. The van der Waals surface area contributed by atoms with Crippen molar-refractivity contribution < 1.29 is 4.74 Å². The third-order valence-corrected chi connectivity index (χ3v) is 7.22. The van der Waals surface area contributed by atoms with E-state index in [4.69, 9.17) is 4.74 Å². The van der Waals surface area contributed by atoms with Crippen molar-refractivity contribution in [3.63, 3.8) is 0 Å². The monoisotopic (exact) mass is 370 g/mol. The molecule has 1 saturated carbocycles. The van der Waals surface area contributed by atoms with Crippen LogP contribution in [0.3, 0.4) is 0 Å². The molecular weight excluding hydrogens is 332 g/mol. The van der Waals surface area contributed by atoms with Gasteiger partial charge in [-0.1, -0.05) is 37.1 Å². The van der Waals surface area contributed by atoms with Crippen molar-refractivity contribution >= 4 is 0 Å². The van der Waals surface area contributed by atoms with E-state index in [9.17, 15) is 0 Å². The van der Waals surface area contributed by atoms with Gasteiger partial charge < -0.3 is 9.64 Å². The molecule has 2 fully saturated rings. The molecule has 1 unspecified atom stereocenters. The summed E-state index contributed by atoms with van der Waals surface area (Å²) in [6, 6.07) is 9.83. The molecule has 0 aromatic heterocycles. The van der Waals surface area contributed by atoms with Gasteiger partial charge in [0.25, 0.3) is 0 Å². The van der Waals surface area contributed by atoms with Gasteiger partial charge in [-0.25, -0.2) is 0 Å². The van der Waals surface area contributed by atoms with Crippen LogP contribution in [0.2, 0.25) is 0 Å². The second-order valence-corrected chi connectivity index (χ2v) is 9.24. The quantitative estimate of drug-likeness (QED) is 0.688. The second kappa shape index (κ2) is 9.54. The minimum Gasteiger partial charge on any atom is -0.383 e. The van der Waals surface area contributed by atoms with E-state index in [1.807, 2.05) is 7.11 Å². The molecule has 0 N–H and O–H groups in total. The highest BCUT2D eigenvalue weighted by Crippen LogP contribution is 2.30. The molecule has 0 radical (unpaired) electrons. The first-order chi connectivity index (χ1) is 13.3. The topological polar surface area (TPSA) is 15.7 Å². The van der Waals surface area contributed by atoms with Gasteiger partial charge in [0.15, 0.2) is 0 Å². The number of likely N-dealkylation sites (tertiary alicyclic amines) is 1. The fraction of sp³-hybridized carbons (Fsp3) is 0.750. The normalized spacial score (nSPS) is 24.7. The van der Waals surface area contributed by atoms with Crippen LogP contribution in [0.5, 0.6) is 0 Å². The standard InChI is InChI=1S/C24H38N2O/c1-27-14-13-25(17-20-7-2-3-8-20)18-21-9-6-12-26(19-21)24-15-22-10-4-5-11-23(22)16-24/h4-5,10-11,20-21,24H,2-3,6-9,12-19H2,1H3. The van der Waals surface area contributed by atoms with Gasteiger partial charge in [-0.15, -0.1) is 0 Å². The van der Waals surface area contributed by atoms with E-state index < -0.39 is 0 Å². The van der Waals surface area contributed by atoms with E-state index >= 15 is 0 Å². The van der Waals surface area contributed by atoms with Crippen molar-refractivity contribution in [2.45, 2.75) is 57.4 Å². The molecular formula is C24H38N2O. The first kappa shape index (κ1) is 19.4. The van der Waals surface area contributed by atoms with Gasteiger partial charge >= 0.3 is 0 Å². The molecule has 150 valence electrons. The van der Waals surface area contributed by atoms with E-state index in [2.05, 4.69) is 34.1 Å². The maximum Gasteiger partial charge on any atom is 0.0589 e. The van der Waals surface area contributed by atoms with Gasteiger partial charge in [0.05, 0.1) is 6.61 Å². The van der Waals surface area contributed by atoms with Crippen LogP contribution >= 0.6 is 0 Å². The summed E-state index contributed by atoms with van der Waals surface area (Å²) >= 11 is 0. The zero-order valence-electron chi connectivity index (χ0n) is 17.2. The maximum atomic E-state index is 5.41. The molecule has 0 bridgehead atoms. The summed E-state index contributed by atoms with van der Waals surface area (Å²) in [5.74, 6) is 1.77. The second-order valence-electron chi connectivity index (χ2n) is 9.24. The maximum absolute atomic E-state index is 5.41. The van der Waals surface area contributed by atoms with E-state index in [0.717, 1.165) is 31.0 Å². The average Bonchev–Trinajstić information content (AvgIpc) is 3.35. The van der Waals surface area contributed by atoms with Crippen LogP contribution in [0, 0.1) is 11.8 Å². The van der Waals surface area contributed by atoms with Crippen molar-refractivity contribution in [3.8, 4) is 0 Å². The summed E-state index contributed by atoms with van der Waals surface area (Å²) < 4.78 is 5.41. The summed E-state index contributed by atoms with van der Waals surface area (Å²) in [5, 5.41) is 0. The molecule has 2 aliphatic carbocycles. The number of nitrogens with zero attached hydrogens (tertiary/aromatic N) is 2. The first-order valence-electron chi connectivity index (χ1n) is 11.3. The molecule has 1 saturated heterocycles. The Hall–Kier alpha value is -0.900. The highest BCUT2D eigenvalue weighted by molar-refractivity contribution is 5.33. The Morgan fingerprint density at radius 2 is 1.63 bits per heavy atom. The van der Waals surface area contributed by atoms with Crippen molar-refractivity contribution in [2.24, 2.45) is 11.8 Å². The third kappa shape index (κ3) is 5.13. The van der Waals surface area contributed by atoms with Crippen LogP contribution in [0.15, 0.2) is 24.3 Å². The first-order valence-corrected chi connectivity index (χ1v) is 11.3. The third-order valence-electron chi connectivity index (χ3n) is 7.22. The Morgan fingerprint density at radius 3 is 2.33 bits per heavy atom. The van der Waals surface area contributed by atoms with Gasteiger partial charge in [-0.3, -0.25) is 4.90 Å². The largest absolute Gasteiger partial charge is 0.383 e. The van der Waals surface area contributed by atoms with Crippen molar-refractivity contribution in [1.82, 2.24) is 9.80 Å². The summed E-state index contributed by atoms with van der Waals surface area (Å²) in [6.07, 6.45) is 11.1. The number of fused-ring (bicyclic) bond motifs is 1. The lowest BCUT2D eigenvalue weighted by Crippen LogP contribution is -2.47. The minimum atomic E-state index is 0.743. The van der Waals surface area contributed by atoms with Gasteiger partial charge in [-0.2, -0.15) is 0 Å². The molecule has 0 spiro atoms. The van der Waals surface area contributed by atoms with Gasteiger partial charge in [0, 0.05) is 39.3 Å². The molecule has 1 aromatic rings. The van der Waals surface area contributed by atoms with E-state index in [-0.39, 0.29) is 0 Å². The Morgan fingerprint density at radius 1 is 0.963 bits per heavy atom. The lowest BCUT2D eigenvalue weighted by atomic mass is 9.95. The molecule has 27 heavy (non-hydrogen) atoms. The molecule has 3 nitrogen and oxygen atoms in total.